The first-order valence-electron chi connectivity index (χ1n) is 11.6. The lowest BCUT2D eigenvalue weighted by molar-refractivity contribution is 0.275. The number of para-hydroxylation sites is 1. The van der Waals surface area contributed by atoms with Crippen molar-refractivity contribution in [3.05, 3.63) is 34.7 Å². The minimum atomic E-state index is -0.619. The Hall–Kier alpha value is -1.97. The maximum Gasteiger partial charge on any atom is 0.383 e. The smallest absolute Gasteiger partial charge is 0.383 e. The monoisotopic (exact) mass is 402 g/mol. The van der Waals surface area contributed by atoms with Crippen LogP contribution in [0.5, 0.6) is 11.5 Å². The fraction of sp³-hybridized carbons (Fsp3) is 0.640. The third kappa shape index (κ3) is 8.51. The molecule has 0 aliphatic rings. The molecule has 1 N–H and O–H groups in total. The summed E-state index contributed by atoms with van der Waals surface area (Å²) in [7, 11) is 0. The van der Waals surface area contributed by atoms with E-state index in [1.807, 2.05) is 0 Å². The Bertz CT molecular complexity index is 750. The van der Waals surface area contributed by atoms with Crippen molar-refractivity contribution >= 4 is 11.0 Å². The number of hydrogen-bond donors (Lipinski definition) is 1. The average Bonchev–Trinajstić information content (AvgIpc) is 2.73. The molecule has 0 fully saturated rings. The third-order valence-electron chi connectivity index (χ3n) is 5.49. The molecule has 4 heteroatoms. The molecule has 0 spiro atoms. The largest absolute Gasteiger partial charge is 0.504 e. The highest BCUT2D eigenvalue weighted by Gasteiger charge is 2.14. The van der Waals surface area contributed by atoms with Crippen molar-refractivity contribution in [3.8, 4) is 11.5 Å². The molecular formula is C25H38O4. The van der Waals surface area contributed by atoms with Gasteiger partial charge in [0.1, 0.15) is 5.58 Å². The molecule has 2 aromatic rings. The lowest BCUT2D eigenvalue weighted by Crippen LogP contribution is -2.08. The fourth-order valence-electron chi connectivity index (χ4n) is 3.71. The second kappa shape index (κ2) is 14.1. The van der Waals surface area contributed by atoms with Crippen LogP contribution in [-0.4, -0.2) is 11.7 Å². The number of rotatable bonds is 16. The van der Waals surface area contributed by atoms with Crippen molar-refractivity contribution in [2.45, 2.75) is 96.8 Å². The molecule has 0 atom stereocenters. The quantitative estimate of drug-likeness (QED) is 0.235. The highest BCUT2D eigenvalue weighted by Crippen LogP contribution is 2.31. The van der Waals surface area contributed by atoms with Crippen LogP contribution in [0.4, 0.5) is 0 Å². The van der Waals surface area contributed by atoms with Crippen LogP contribution in [0, 0.1) is 0 Å². The molecular weight excluding hydrogens is 364 g/mol. The van der Waals surface area contributed by atoms with Gasteiger partial charge in [0.05, 0.1) is 12.0 Å². The molecule has 0 unspecified atom stereocenters. The number of benzene rings is 1. The highest BCUT2D eigenvalue weighted by atomic mass is 16.5. The standard InChI is InChI=1S/C25H38O4/c1-2-3-4-5-6-7-8-9-10-11-12-13-14-17-20-28-24-23(26)21-18-15-16-19-22(21)29-25(24)27/h15-16,18-19,26H,2-14,17,20H2,1H3. The van der Waals surface area contributed by atoms with Gasteiger partial charge in [-0.25, -0.2) is 4.79 Å². The lowest BCUT2D eigenvalue weighted by Gasteiger charge is -2.08. The van der Waals surface area contributed by atoms with Gasteiger partial charge in [0.25, 0.3) is 0 Å². The van der Waals surface area contributed by atoms with E-state index in [2.05, 4.69) is 6.92 Å². The first-order valence-corrected chi connectivity index (χ1v) is 11.6. The summed E-state index contributed by atoms with van der Waals surface area (Å²) in [6.45, 7) is 2.69. The summed E-state index contributed by atoms with van der Waals surface area (Å²) in [4.78, 5) is 12.0. The summed E-state index contributed by atoms with van der Waals surface area (Å²) in [5.74, 6) is -0.194. The van der Waals surface area contributed by atoms with Gasteiger partial charge in [-0.2, -0.15) is 0 Å². The molecule has 162 valence electrons. The zero-order chi connectivity index (χ0) is 20.7. The van der Waals surface area contributed by atoms with Gasteiger partial charge in [-0.3, -0.25) is 0 Å². The van der Waals surface area contributed by atoms with Crippen molar-refractivity contribution in [1.29, 1.82) is 0 Å². The van der Waals surface area contributed by atoms with Crippen LogP contribution in [0.3, 0.4) is 0 Å². The molecule has 0 saturated heterocycles. The molecule has 0 radical (unpaired) electrons. The Morgan fingerprint density at radius 1 is 0.793 bits per heavy atom. The molecule has 0 bridgehead atoms. The van der Waals surface area contributed by atoms with E-state index in [0.29, 0.717) is 17.6 Å². The van der Waals surface area contributed by atoms with Crippen molar-refractivity contribution in [2.75, 3.05) is 6.61 Å². The van der Waals surface area contributed by atoms with E-state index in [1.165, 1.54) is 77.0 Å². The van der Waals surface area contributed by atoms with Crippen molar-refractivity contribution in [1.82, 2.24) is 0 Å². The zero-order valence-corrected chi connectivity index (χ0v) is 18.1. The predicted octanol–water partition coefficient (Wildman–Crippen LogP) is 7.36. The summed E-state index contributed by atoms with van der Waals surface area (Å²) in [5, 5.41) is 10.8. The summed E-state index contributed by atoms with van der Waals surface area (Å²) < 4.78 is 10.7. The molecule has 29 heavy (non-hydrogen) atoms. The first-order chi connectivity index (χ1) is 14.2. The molecule has 4 nitrogen and oxygen atoms in total. The van der Waals surface area contributed by atoms with Crippen molar-refractivity contribution < 1.29 is 14.3 Å². The molecule has 0 saturated carbocycles. The van der Waals surface area contributed by atoms with Gasteiger partial charge in [-0.1, -0.05) is 103 Å². The minimum absolute atomic E-state index is 0.0709. The van der Waals surface area contributed by atoms with Crippen LogP contribution in [0.1, 0.15) is 96.8 Å². The number of hydrogen-bond acceptors (Lipinski definition) is 4. The normalized spacial score (nSPS) is 11.2. The molecule has 0 amide bonds. The molecule has 0 aliphatic heterocycles. The molecule has 0 aliphatic carbocycles. The number of ether oxygens (including phenoxy) is 1. The van der Waals surface area contributed by atoms with Crippen LogP contribution in [0.2, 0.25) is 0 Å². The Kier molecular flexibility index (Phi) is 11.3. The number of unbranched alkanes of at least 4 members (excludes halogenated alkanes) is 13. The van der Waals surface area contributed by atoms with Crippen molar-refractivity contribution in [3.63, 3.8) is 0 Å². The average molecular weight is 403 g/mol. The third-order valence-corrected chi connectivity index (χ3v) is 5.49. The predicted molar refractivity (Wildman–Crippen MR) is 120 cm³/mol. The minimum Gasteiger partial charge on any atom is -0.504 e. The van der Waals surface area contributed by atoms with E-state index in [1.54, 1.807) is 24.3 Å². The Balaban J connectivity index is 1.49. The van der Waals surface area contributed by atoms with Gasteiger partial charge < -0.3 is 14.3 Å². The second-order valence-corrected chi connectivity index (χ2v) is 8.01. The topological polar surface area (TPSA) is 59.7 Å². The maximum absolute atomic E-state index is 12.0. The van der Waals surface area contributed by atoms with Crippen LogP contribution < -0.4 is 10.4 Å². The van der Waals surface area contributed by atoms with Crippen molar-refractivity contribution in [2.24, 2.45) is 0 Å². The summed E-state index contributed by atoms with van der Waals surface area (Å²) in [6, 6.07) is 6.93. The lowest BCUT2D eigenvalue weighted by atomic mass is 10.0. The molecule has 1 aromatic heterocycles. The summed E-state index contributed by atoms with van der Waals surface area (Å²) >= 11 is 0. The summed E-state index contributed by atoms with van der Waals surface area (Å²) in [5.41, 5.74) is -0.245. The van der Waals surface area contributed by atoms with Gasteiger partial charge in [0, 0.05) is 0 Å². The van der Waals surface area contributed by atoms with Gasteiger partial charge in [0.2, 0.25) is 5.75 Å². The number of fused-ring (bicyclic) bond motifs is 1. The number of aromatic hydroxyl groups is 1. The maximum atomic E-state index is 12.0. The molecule has 1 aromatic carbocycles. The Morgan fingerprint density at radius 3 is 1.90 bits per heavy atom. The Labute approximate surface area is 175 Å². The van der Waals surface area contributed by atoms with Gasteiger partial charge in [-0.15, -0.1) is 0 Å². The Morgan fingerprint density at radius 2 is 1.31 bits per heavy atom. The van der Waals surface area contributed by atoms with E-state index in [0.717, 1.165) is 12.8 Å². The van der Waals surface area contributed by atoms with Crippen LogP contribution in [0.25, 0.3) is 11.0 Å². The SMILES string of the molecule is CCCCCCCCCCCCCCCCOc1c(O)c2ccccc2oc1=O. The van der Waals surface area contributed by atoms with E-state index < -0.39 is 5.63 Å². The zero-order valence-electron chi connectivity index (χ0n) is 18.1. The highest BCUT2D eigenvalue weighted by molar-refractivity contribution is 5.84. The van der Waals surface area contributed by atoms with Gasteiger partial charge in [0.15, 0.2) is 5.75 Å². The van der Waals surface area contributed by atoms with E-state index in [4.69, 9.17) is 9.15 Å². The molecule has 1 heterocycles. The first kappa shape index (κ1) is 23.3. The van der Waals surface area contributed by atoms with Gasteiger partial charge >= 0.3 is 5.63 Å². The van der Waals surface area contributed by atoms with E-state index in [9.17, 15) is 9.90 Å². The van der Waals surface area contributed by atoms with Gasteiger partial charge in [-0.05, 0) is 18.6 Å². The van der Waals surface area contributed by atoms with Crippen LogP contribution >= 0.6 is 0 Å². The fourth-order valence-corrected chi connectivity index (χ4v) is 3.71. The van der Waals surface area contributed by atoms with Crippen LogP contribution in [-0.2, 0) is 0 Å². The summed E-state index contributed by atoms with van der Waals surface area (Å²) in [6.07, 6.45) is 18.2. The van der Waals surface area contributed by atoms with Crippen LogP contribution in [0.15, 0.2) is 33.5 Å². The second-order valence-electron chi connectivity index (χ2n) is 8.01. The van der Waals surface area contributed by atoms with E-state index in [-0.39, 0.29) is 11.5 Å². The molecule has 2 rings (SSSR count). The van der Waals surface area contributed by atoms with E-state index >= 15 is 0 Å².